The molecule has 2 aromatic rings. The van der Waals surface area contributed by atoms with Gasteiger partial charge in [0.1, 0.15) is 11.6 Å². The van der Waals surface area contributed by atoms with Crippen LogP contribution in [0.3, 0.4) is 0 Å². The van der Waals surface area contributed by atoms with E-state index in [0.717, 1.165) is 43.0 Å². The molecule has 0 spiro atoms. The molecule has 9 heteroatoms. The number of rotatable bonds is 14. The summed E-state index contributed by atoms with van der Waals surface area (Å²) in [5.41, 5.74) is 0.817. The minimum Gasteiger partial charge on any atom is -0.342 e. The molecular weight excluding hydrogens is 586 g/mol. The summed E-state index contributed by atoms with van der Waals surface area (Å²) in [5.74, 6) is 0.904. The third-order valence-corrected chi connectivity index (χ3v) is 8.02. The molecule has 0 radical (unpaired) electrons. The Hall–Kier alpha value is -3.56. The number of amides is 3. The van der Waals surface area contributed by atoms with Crippen LogP contribution in [0, 0.1) is 23.5 Å². The van der Waals surface area contributed by atoms with E-state index >= 15 is 0 Å². The number of hydroxylamine groups is 2. The highest BCUT2D eigenvalue weighted by molar-refractivity contribution is 5.79. The average Bonchev–Trinajstić information content (AvgIpc) is 3.48. The molecular formula is C37H56F2N4O3. The highest BCUT2D eigenvalue weighted by atomic mass is 19.1. The van der Waals surface area contributed by atoms with Crippen molar-refractivity contribution >= 4 is 11.9 Å². The minimum atomic E-state index is -0.309. The smallest absolute Gasteiger partial charge is 0.318 e. The summed E-state index contributed by atoms with van der Waals surface area (Å²) in [7, 11) is 1.59. The zero-order chi connectivity index (χ0) is 34.5. The fourth-order valence-electron chi connectivity index (χ4n) is 5.17. The van der Waals surface area contributed by atoms with Gasteiger partial charge in [0.05, 0.1) is 0 Å². The van der Waals surface area contributed by atoms with Gasteiger partial charge in [-0.05, 0) is 74.8 Å². The standard InChI is InChI=1S/C19H28FN3O2.C12H23NO.C6H5F/c1-5-7-18(13-15(3)22(4)25)23(12-6-2)19(24)21-14-16-8-10-17(20)11-9-16;1-4-6-11(5-2)12(14)13-8-7-10(3)9-13;7-6-4-2-1-3-5-6/h5-6,8-11,15,18,25H,1-2,7,12-14H2,3-4H3,(H,21,24);10-11H,4-9H2,1-3H3;1-5H. The van der Waals surface area contributed by atoms with Gasteiger partial charge in [-0.2, -0.15) is 5.06 Å². The maximum absolute atomic E-state index is 13.0. The number of benzene rings is 2. The second-order valence-corrected chi connectivity index (χ2v) is 11.9. The molecule has 0 aliphatic carbocycles. The van der Waals surface area contributed by atoms with E-state index in [1.54, 1.807) is 54.4 Å². The van der Waals surface area contributed by atoms with Crippen molar-refractivity contribution in [1.29, 1.82) is 0 Å². The van der Waals surface area contributed by atoms with Gasteiger partial charge in [-0.3, -0.25) is 4.79 Å². The molecule has 2 N–H and O–H groups in total. The van der Waals surface area contributed by atoms with E-state index in [1.807, 2.05) is 6.92 Å². The van der Waals surface area contributed by atoms with E-state index in [0.29, 0.717) is 37.8 Å². The predicted molar refractivity (Wildman–Crippen MR) is 183 cm³/mol. The summed E-state index contributed by atoms with van der Waals surface area (Å²) in [6, 6.07) is 13.5. The summed E-state index contributed by atoms with van der Waals surface area (Å²) in [5, 5.41) is 13.6. The van der Waals surface area contributed by atoms with Crippen LogP contribution < -0.4 is 5.32 Å². The Morgan fingerprint density at radius 2 is 1.70 bits per heavy atom. The number of nitrogens with one attached hydrogen (secondary N) is 1. The molecule has 1 saturated heterocycles. The monoisotopic (exact) mass is 642 g/mol. The van der Waals surface area contributed by atoms with Crippen molar-refractivity contribution < 1.29 is 23.6 Å². The molecule has 1 aliphatic rings. The van der Waals surface area contributed by atoms with Crippen LogP contribution in [0.15, 0.2) is 79.9 Å². The Morgan fingerprint density at radius 1 is 1.07 bits per heavy atom. The molecule has 1 aliphatic heterocycles. The first-order valence-electron chi connectivity index (χ1n) is 16.4. The van der Waals surface area contributed by atoms with Crippen LogP contribution in [-0.2, 0) is 11.3 Å². The van der Waals surface area contributed by atoms with Crippen LogP contribution in [0.5, 0.6) is 0 Å². The number of likely N-dealkylation sites (tertiary alicyclic amines) is 1. The SMILES string of the molecule is C=CCC(CC(C)N(C)O)N(CC=C)C(=O)NCc1ccc(F)cc1.CCCC(CC)C(=O)N1CCC(C)C1.Fc1ccccc1. The quantitative estimate of drug-likeness (QED) is 0.161. The maximum atomic E-state index is 13.0. The zero-order valence-electron chi connectivity index (χ0n) is 28.5. The molecule has 4 atom stereocenters. The number of nitrogens with zero attached hydrogens (tertiary/aromatic N) is 3. The molecule has 3 amide bonds. The first-order chi connectivity index (χ1) is 22.0. The largest absolute Gasteiger partial charge is 0.342 e. The van der Waals surface area contributed by atoms with Gasteiger partial charge in [0, 0.05) is 51.2 Å². The van der Waals surface area contributed by atoms with Gasteiger partial charge in [0.25, 0.3) is 0 Å². The molecule has 1 fully saturated rings. The lowest BCUT2D eigenvalue weighted by atomic mass is 9.99. The van der Waals surface area contributed by atoms with E-state index in [1.165, 1.54) is 30.7 Å². The first kappa shape index (κ1) is 40.5. The van der Waals surface area contributed by atoms with Crippen LogP contribution in [0.2, 0.25) is 0 Å². The Morgan fingerprint density at radius 3 is 2.15 bits per heavy atom. The average molecular weight is 643 g/mol. The van der Waals surface area contributed by atoms with E-state index in [9.17, 15) is 23.6 Å². The summed E-state index contributed by atoms with van der Waals surface area (Å²) in [6.45, 7) is 18.5. The van der Waals surface area contributed by atoms with Gasteiger partial charge >= 0.3 is 6.03 Å². The van der Waals surface area contributed by atoms with Crippen molar-refractivity contribution in [3.05, 3.63) is 97.1 Å². The molecule has 2 aromatic carbocycles. The van der Waals surface area contributed by atoms with Gasteiger partial charge in [0.15, 0.2) is 0 Å². The molecule has 0 aromatic heterocycles. The Bertz CT molecular complexity index is 1140. The summed E-state index contributed by atoms with van der Waals surface area (Å²) < 4.78 is 24.9. The van der Waals surface area contributed by atoms with Crippen LogP contribution in [-0.4, -0.2) is 70.8 Å². The van der Waals surface area contributed by atoms with Gasteiger partial charge in [-0.1, -0.05) is 69.7 Å². The van der Waals surface area contributed by atoms with Crippen molar-refractivity contribution in [2.45, 2.75) is 84.8 Å². The van der Waals surface area contributed by atoms with Gasteiger partial charge in [-0.25, -0.2) is 13.6 Å². The van der Waals surface area contributed by atoms with E-state index in [2.05, 4.69) is 44.1 Å². The third-order valence-electron chi connectivity index (χ3n) is 8.02. The summed E-state index contributed by atoms with van der Waals surface area (Å²) in [4.78, 5) is 28.4. The van der Waals surface area contributed by atoms with Gasteiger partial charge in [0.2, 0.25) is 5.91 Å². The lowest BCUT2D eigenvalue weighted by Gasteiger charge is -2.33. The number of urea groups is 1. The van der Waals surface area contributed by atoms with E-state index in [-0.39, 0.29) is 35.7 Å². The molecule has 1 heterocycles. The number of carbonyl (C=O) groups excluding carboxylic acids is 2. The maximum Gasteiger partial charge on any atom is 0.318 e. The molecule has 256 valence electrons. The number of carbonyl (C=O) groups is 2. The molecule has 46 heavy (non-hydrogen) atoms. The van der Waals surface area contributed by atoms with E-state index < -0.39 is 0 Å². The lowest BCUT2D eigenvalue weighted by molar-refractivity contribution is -0.134. The molecule has 4 unspecified atom stereocenters. The van der Waals surface area contributed by atoms with Crippen molar-refractivity contribution in [2.24, 2.45) is 11.8 Å². The van der Waals surface area contributed by atoms with Crippen LogP contribution in [0.4, 0.5) is 13.6 Å². The fraction of sp³-hybridized carbons (Fsp3) is 0.514. The normalized spacial score (nSPS) is 15.8. The number of hydrogen-bond donors (Lipinski definition) is 2. The van der Waals surface area contributed by atoms with Crippen LogP contribution in [0.25, 0.3) is 0 Å². The van der Waals surface area contributed by atoms with Crippen molar-refractivity contribution in [1.82, 2.24) is 20.2 Å². The topological polar surface area (TPSA) is 76.1 Å². The Balaban J connectivity index is 0.000000416. The Kier molecular flexibility index (Phi) is 20.1. The molecule has 7 nitrogen and oxygen atoms in total. The minimum absolute atomic E-state index is 0.109. The highest BCUT2D eigenvalue weighted by Gasteiger charge is 2.27. The van der Waals surface area contributed by atoms with E-state index in [4.69, 9.17) is 0 Å². The molecule has 3 rings (SSSR count). The molecule has 0 bridgehead atoms. The third kappa shape index (κ3) is 15.6. The number of hydrogen-bond acceptors (Lipinski definition) is 4. The van der Waals surface area contributed by atoms with Crippen molar-refractivity contribution in [3.8, 4) is 0 Å². The predicted octanol–water partition coefficient (Wildman–Crippen LogP) is 8.07. The molecule has 0 saturated carbocycles. The zero-order valence-corrected chi connectivity index (χ0v) is 28.5. The second-order valence-electron chi connectivity index (χ2n) is 11.9. The highest BCUT2D eigenvalue weighted by Crippen LogP contribution is 2.21. The Labute approximate surface area is 275 Å². The van der Waals surface area contributed by atoms with Crippen molar-refractivity contribution in [2.75, 3.05) is 26.7 Å². The van der Waals surface area contributed by atoms with Crippen LogP contribution >= 0.6 is 0 Å². The lowest BCUT2D eigenvalue weighted by Crippen LogP contribution is -2.48. The van der Waals surface area contributed by atoms with Crippen molar-refractivity contribution in [3.63, 3.8) is 0 Å². The summed E-state index contributed by atoms with van der Waals surface area (Å²) >= 11 is 0. The first-order valence-corrected chi connectivity index (χ1v) is 16.4. The second kappa shape index (κ2) is 22.9. The van der Waals surface area contributed by atoms with Crippen LogP contribution in [0.1, 0.15) is 71.8 Å². The van der Waals surface area contributed by atoms with Gasteiger partial charge in [-0.15, -0.1) is 13.2 Å². The summed E-state index contributed by atoms with van der Waals surface area (Å²) in [6.07, 6.45) is 8.99. The fourth-order valence-corrected chi connectivity index (χ4v) is 5.17. The number of halogens is 2. The van der Waals surface area contributed by atoms with Gasteiger partial charge < -0.3 is 20.3 Å².